The van der Waals surface area contributed by atoms with Gasteiger partial charge >= 0.3 is 5.69 Å². The summed E-state index contributed by atoms with van der Waals surface area (Å²) in [5.74, 6) is 0.0491. The SMILES string of the molecule is O=C(Cn1c(=O)n(Cc2ccco2)c(=O)c2sccc21)Nc1ccccc1Cl. The smallest absolute Gasteiger partial charge is 0.332 e. The van der Waals surface area contributed by atoms with E-state index in [2.05, 4.69) is 5.32 Å². The Morgan fingerprint density at radius 1 is 1.11 bits per heavy atom. The monoisotopic (exact) mass is 415 g/mol. The van der Waals surface area contributed by atoms with Gasteiger partial charge in [-0.15, -0.1) is 11.3 Å². The quantitative estimate of drug-likeness (QED) is 0.542. The van der Waals surface area contributed by atoms with E-state index in [1.54, 1.807) is 47.8 Å². The second kappa shape index (κ2) is 7.49. The molecule has 1 amide bonds. The summed E-state index contributed by atoms with van der Waals surface area (Å²) in [6, 6.07) is 11.8. The molecule has 0 aliphatic carbocycles. The van der Waals surface area contributed by atoms with Gasteiger partial charge in [0.05, 0.1) is 29.0 Å². The number of nitrogens with one attached hydrogen (secondary N) is 1. The first kappa shape index (κ1) is 18.3. The molecule has 0 saturated heterocycles. The lowest BCUT2D eigenvalue weighted by molar-refractivity contribution is -0.116. The zero-order valence-electron chi connectivity index (χ0n) is 14.4. The van der Waals surface area contributed by atoms with Crippen LogP contribution >= 0.6 is 22.9 Å². The molecule has 4 aromatic rings. The Bertz CT molecular complexity index is 1270. The number of hydrogen-bond donors (Lipinski definition) is 1. The van der Waals surface area contributed by atoms with Gasteiger partial charge in [-0.3, -0.25) is 18.7 Å². The molecule has 0 aliphatic rings. The summed E-state index contributed by atoms with van der Waals surface area (Å²) in [4.78, 5) is 38.2. The molecule has 0 bridgehead atoms. The Morgan fingerprint density at radius 2 is 1.93 bits per heavy atom. The number of halogens is 1. The van der Waals surface area contributed by atoms with Gasteiger partial charge in [-0.2, -0.15) is 0 Å². The molecule has 3 heterocycles. The molecule has 0 fully saturated rings. The summed E-state index contributed by atoms with van der Waals surface area (Å²) in [5.41, 5.74) is -0.117. The molecule has 0 spiro atoms. The molecule has 1 aromatic carbocycles. The topological polar surface area (TPSA) is 86.2 Å². The molecule has 0 saturated carbocycles. The number of benzene rings is 1. The Labute approximate surface area is 167 Å². The van der Waals surface area contributed by atoms with Crippen LogP contribution in [0.1, 0.15) is 5.76 Å². The summed E-state index contributed by atoms with van der Waals surface area (Å²) in [7, 11) is 0. The van der Waals surface area contributed by atoms with Crippen LogP contribution in [-0.2, 0) is 17.9 Å². The summed E-state index contributed by atoms with van der Waals surface area (Å²) in [5, 5.41) is 4.80. The molecular weight excluding hydrogens is 402 g/mol. The first-order chi connectivity index (χ1) is 13.5. The van der Waals surface area contributed by atoms with Crippen molar-refractivity contribution in [3.8, 4) is 0 Å². The average molecular weight is 416 g/mol. The van der Waals surface area contributed by atoms with Gasteiger partial charge in [0.25, 0.3) is 5.56 Å². The second-order valence-electron chi connectivity index (χ2n) is 6.00. The van der Waals surface area contributed by atoms with Gasteiger partial charge in [-0.25, -0.2) is 4.79 Å². The van der Waals surface area contributed by atoms with Crippen molar-refractivity contribution in [1.82, 2.24) is 9.13 Å². The zero-order chi connectivity index (χ0) is 19.7. The Morgan fingerprint density at radius 3 is 2.68 bits per heavy atom. The van der Waals surface area contributed by atoms with Gasteiger partial charge in [0, 0.05) is 0 Å². The molecular formula is C19H14ClN3O4S. The van der Waals surface area contributed by atoms with Crippen LogP contribution in [-0.4, -0.2) is 15.0 Å². The van der Waals surface area contributed by atoms with E-state index in [-0.39, 0.29) is 13.1 Å². The Balaban J connectivity index is 1.73. The minimum atomic E-state index is -0.582. The van der Waals surface area contributed by atoms with E-state index in [4.69, 9.17) is 16.0 Å². The molecule has 142 valence electrons. The predicted octanol–water partition coefficient (Wildman–Crippen LogP) is 3.16. The van der Waals surface area contributed by atoms with Gasteiger partial charge in [-0.05, 0) is 35.7 Å². The van der Waals surface area contributed by atoms with E-state index in [0.717, 1.165) is 4.57 Å². The molecule has 0 aliphatic heterocycles. The van der Waals surface area contributed by atoms with Crippen molar-refractivity contribution in [1.29, 1.82) is 0 Å². The van der Waals surface area contributed by atoms with Crippen LogP contribution in [0.4, 0.5) is 5.69 Å². The van der Waals surface area contributed by atoms with Crippen LogP contribution in [0.25, 0.3) is 10.2 Å². The highest BCUT2D eigenvalue weighted by molar-refractivity contribution is 7.17. The normalized spacial score (nSPS) is 11.0. The molecule has 28 heavy (non-hydrogen) atoms. The summed E-state index contributed by atoms with van der Waals surface area (Å²) < 4.78 is 8.01. The van der Waals surface area contributed by atoms with Crippen LogP contribution in [0.15, 0.2) is 68.1 Å². The Hall–Kier alpha value is -3.10. The maximum atomic E-state index is 13.0. The largest absolute Gasteiger partial charge is 0.467 e. The first-order valence-electron chi connectivity index (χ1n) is 8.32. The molecule has 9 heteroatoms. The number of carbonyl (C=O) groups is 1. The van der Waals surface area contributed by atoms with Crippen molar-refractivity contribution in [2.45, 2.75) is 13.1 Å². The lowest BCUT2D eigenvalue weighted by atomic mass is 10.3. The van der Waals surface area contributed by atoms with E-state index < -0.39 is 17.2 Å². The molecule has 0 radical (unpaired) electrons. The minimum absolute atomic E-state index is 0.00929. The highest BCUT2D eigenvalue weighted by Crippen LogP contribution is 2.21. The third kappa shape index (κ3) is 3.39. The highest BCUT2D eigenvalue weighted by atomic mass is 35.5. The third-order valence-corrected chi connectivity index (χ3v) is 5.40. The van der Waals surface area contributed by atoms with Gasteiger partial charge in [0.15, 0.2) is 0 Å². The molecule has 1 N–H and O–H groups in total. The van der Waals surface area contributed by atoms with E-state index in [1.165, 1.54) is 22.2 Å². The van der Waals surface area contributed by atoms with E-state index in [0.29, 0.717) is 26.7 Å². The van der Waals surface area contributed by atoms with Crippen LogP contribution in [0, 0.1) is 0 Å². The van der Waals surface area contributed by atoms with Crippen LogP contribution in [0.2, 0.25) is 5.02 Å². The van der Waals surface area contributed by atoms with Crippen molar-refractivity contribution in [3.63, 3.8) is 0 Å². The van der Waals surface area contributed by atoms with Crippen molar-refractivity contribution in [2.24, 2.45) is 0 Å². The number of carbonyl (C=O) groups excluding carboxylic acids is 1. The standard InChI is InChI=1S/C19H14ClN3O4S/c20-13-5-1-2-6-14(13)21-16(24)11-22-15-7-9-28-17(15)18(25)23(19(22)26)10-12-4-3-8-27-12/h1-9H,10-11H2,(H,21,24). The van der Waals surface area contributed by atoms with Crippen LogP contribution in [0.3, 0.4) is 0 Å². The number of aromatic nitrogens is 2. The lowest BCUT2D eigenvalue weighted by Gasteiger charge is -2.12. The fourth-order valence-corrected chi connectivity index (χ4v) is 3.91. The highest BCUT2D eigenvalue weighted by Gasteiger charge is 2.17. The number of amides is 1. The Kier molecular flexibility index (Phi) is 4.89. The summed E-state index contributed by atoms with van der Waals surface area (Å²) in [6.45, 7) is -0.264. The fraction of sp³-hybridized carbons (Fsp3) is 0.105. The lowest BCUT2D eigenvalue weighted by Crippen LogP contribution is -2.41. The number of rotatable bonds is 5. The first-order valence-corrected chi connectivity index (χ1v) is 9.58. The minimum Gasteiger partial charge on any atom is -0.467 e. The number of thiophene rings is 1. The van der Waals surface area contributed by atoms with Gasteiger partial charge in [0.1, 0.15) is 17.0 Å². The van der Waals surface area contributed by atoms with Gasteiger partial charge < -0.3 is 9.73 Å². The van der Waals surface area contributed by atoms with Crippen molar-refractivity contribution >= 4 is 44.7 Å². The van der Waals surface area contributed by atoms with E-state index in [9.17, 15) is 14.4 Å². The number of furan rings is 1. The average Bonchev–Trinajstić information content (AvgIpc) is 3.36. The van der Waals surface area contributed by atoms with E-state index in [1.807, 2.05) is 0 Å². The second-order valence-corrected chi connectivity index (χ2v) is 7.33. The number of nitrogens with zero attached hydrogens (tertiary/aromatic N) is 2. The van der Waals surface area contributed by atoms with Crippen molar-refractivity contribution in [3.05, 3.63) is 85.7 Å². The van der Waals surface area contributed by atoms with Crippen LogP contribution in [0.5, 0.6) is 0 Å². The van der Waals surface area contributed by atoms with Gasteiger partial charge in [-0.1, -0.05) is 23.7 Å². The van der Waals surface area contributed by atoms with Crippen molar-refractivity contribution in [2.75, 3.05) is 5.32 Å². The summed E-state index contributed by atoms with van der Waals surface area (Å²) in [6.07, 6.45) is 1.47. The number of para-hydroxylation sites is 1. The molecule has 7 nitrogen and oxygen atoms in total. The molecule has 4 rings (SSSR count). The maximum Gasteiger partial charge on any atom is 0.332 e. The number of fused-ring (bicyclic) bond motifs is 1. The fourth-order valence-electron chi connectivity index (χ4n) is 2.88. The molecule has 0 atom stereocenters. The van der Waals surface area contributed by atoms with Crippen molar-refractivity contribution < 1.29 is 9.21 Å². The maximum absolute atomic E-state index is 13.0. The van der Waals surface area contributed by atoms with E-state index >= 15 is 0 Å². The number of anilines is 1. The zero-order valence-corrected chi connectivity index (χ0v) is 16.0. The van der Waals surface area contributed by atoms with Crippen LogP contribution < -0.4 is 16.6 Å². The third-order valence-electron chi connectivity index (χ3n) is 4.18. The number of hydrogen-bond acceptors (Lipinski definition) is 5. The molecule has 3 aromatic heterocycles. The van der Waals surface area contributed by atoms with Gasteiger partial charge in [0.2, 0.25) is 5.91 Å². The summed E-state index contributed by atoms with van der Waals surface area (Å²) >= 11 is 7.29. The molecule has 0 unspecified atom stereocenters. The predicted molar refractivity (Wildman–Crippen MR) is 108 cm³/mol.